The minimum atomic E-state index is -1.05. The van der Waals surface area contributed by atoms with Gasteiger partial charge in [-0.05, 0) is 44.5 Å². The molecule has 0 unspecified atom stereocenters. The van der Waals surface area contributed by atoms with Crippen LogP contribution in [0.3, 0.4) is 0 Å². The third-order valence-corrected chi connectivity index (χ3v) is 4.83. The standard InChI is InChI=1S/C21H25FN2O3/c1-15-6-8-17(9-7-15)23-20(25)14-24-11-10-21(2,26)19(13-24)27-18-5-3-4-16(22)12-18/h3-9,12,19,26H,10-11,13-14H2,1-2H3,(H,23,25)/t19-,21-/m0/s1. The molecule has 0 saturated carbocycles. The van der Waals surface area contributed by atoms with Crippen LogP contribution in [0.15, 0.2) is 48.5 Å². The molecule has 2 aromatic carbocycles. The van der Waals surface area contributed by atoms with Gasteiger partial charge in [-0.1, -0.05) is 23.8 Å². The molecule has 2 atom stereocenters. The van der Waals surface area contributed by atoms with Gasteiger partial charge in [-0.3, -0.25) is 9.69 Å². The first-order chi connectivity index (χ1) is 12.8. The van der Waals surface area contributed by atoms with Crippen LogP contribution in [0.2, 0.25) is 0 Å². The second kappa shape index (κ2) is 8.06. The van der Waals surface area contributed by atoms with Crippen molar-refractivity contribution in [2.45, 2.75) is 32.0 Å². The lowest BCUT2D eigenvalue weighted by Crippen LogP contribution is -2.57. The third-order valence-electron chi connectivity index (χ3n) is 4.83. The maximum absolute atomic E-state index is 13.4. The molecule has 144 valence electrons. The molecule has 5 nitrogen and oxygen atoms in total. The molecule has 1 amide bonds. The highest BCUT2D eigenvalue weighted by molar-refractivity contribution is 5.92. The van der Waals surface area contributed by atoms with Gasteiger partial charge in [-0.2, -0.15) is 0 Å². The van der Waals surface area contributed by atoms with Crippen molar-refractivity contribution in [1.82, 2.24) is 4.90 Å². The van der Waals surface area contributed by atoms with E-state index in [1.807, 2.05) is 36.1 Å². The summed E-state index contributed by atoms with van der Waals surface area (Å²) < 4.78 is 19.2. The van der Waals surface area contributed by atoms with Gasteiger partial charge in [0.2, 0.25) is 5.91 Å². The van der Waals surface area contributed by atoms with E-state index in [-0.39, 0.29) is 12.5 Å². The van der Waals surface area contributed by atoms with Crippen LogP contribution in [-0.4, -0.2) is 47.3 Å². The zero-order chi connectivity index (χ0) is 19.4. The third kappa shape index (κ3) is 5.28. The normalized spacial score (nSPS) is 23.0. The number of ether oxygens (including phenoxy) is 1. The Morgan fingerprint density at radius 2 is 2.07 bits per heavy atom. The van der Waals surface area contributed by atoms with Crippen LogP contribution >= 0.6 is 0 Å². The Bertz CT molecular complexity index is 792. The predicted molar refractivity (Wildman–Crippen MR) is 102 cm³/mol. The highest BCUT2D eigenvalue weighted by Crippen LogP contribution is 2.27. The molecule has 2 aromatic rings. The van der Waals surface area contributed by atoms with E-state index in [0.717, 1.165) is 11.3 Å². The monoisotopic (exact) mass is 372 g/mol. The van der Waals surface area contributed by atoms with E-state index in [1.165, 1.54) is 12.1 Å². The minimum absolute atomic E-state index is 0.120. The summed E-state index contributed by atoms with van der Waals surface area (Å²) in [4.78, 5) is 14.3. The summed E-state index contributed by atoms with van der Waals surface area (Å²) in [5.41, 5.74) is 0.835. The number of carbonyl (C=O) groups is 1. The van der Waals surface area contributed by atoms with Gasteiger partial charge >= 0.3 is 0 Å². The summed E-state index contributed by atoms with van der Waals surface area (Å²) in [5, 5.41) is 13.5. The van der Waals surface area contributed by atoms with Crippen molar-refractivity contribution in [2.75, 3.05) is 25.0 Å². The second-order valence-corrected chi connectivity index (χ2v) is 7.32. The molecule has 3 rings (SSSR count). The summed E-state index contributed by atoms with van der Waals surface area (Å²) in [7, 11) is 0. The van der Waals surface area contributed by atoms with E-state index >= 15 is 0 Å². The number of hydrogen-bond donors (Lipinski definition) is 2. The molecule has 1 heterocycles. The number of nitrogens with zero attached hydrogens (tertiary/aromatic N) is 1. The lowest BCUT2D eigenvalue weighted by Gasteiger charge is -2.42. The lowest BCUT2D eigenvalue weighted by atomic mass is 9.90. The Morgan fingerprint density at radius 3 is 2.78 bits per heavy atom. The first-order valence-electron chi connectivity index (χ1n) is 9.05. The molecule has 0 spiro atoms. The molecule has 0 aromatic heterocycles. The maximum atomic E-state index is 13.4. The van der Waals surface area contributed by atoms with Crippen molar-refractivity contribution in [3.8, 4) is 5.75 Å². The highest BCUT2D eigenvalue weighted by Gasteiger charge is 2.39. The summed E-state index contributed by atoms with van der Waals surface area (Å²) in [6, 6.07) is 13.5. The predicted octanol–water partition coefficient (Wildman–Crippen LogP) is 2.98. The van der Waals surface area contributed by atoms with Crippen molar-refractivity contribution in [1.29, 1.82) is 0 Å². The number of anilines is 1. The molecule has 0 aliphatic carbocycles. The van der Waals surface area contributed by atoms with Gasteiger partial charge in [0.25, 0.3) is 0 Å². The molecular formula is C21H25FN2O3. The average Bonchev–Trinajstić information content (AvgIpc) is 2.60. The van der Waals surface area contributed by atoms with Crippen LogP contribution in [0.4, 0.5) is 10.1 Å². The zero-order valence-electron chi connectivity index (χ0n) is 15.6. The lowest BCUT2D eigenvalue weighted by molar-refractivity contribution is -0.122. The van der Waals surface area contributed by atoms with Crippen LogP contribution < -0.4 is 10.1 Å². The number of hydrogen-bond acceptors (Lipinski definition) is 4. The Kier molecular flexibility index (Phi) is 5.77. The van der Waals surface area contributed by atoms with Gasteiger partial charge in [-0.15, -0.1) is 0 Å². The molecule has 1 fully saturated rings. The van der Waals surface area contributed by atoms with Gasteiger partial charge in [0.05, 0.1) is 6.54 Å². The van der Waals surface area contributed by atoms with Gasteiger partial charge in [-0.25, -0.2) is 4.39 Å². The smallest absolute Gasteiger partial charge is 0.238 e. The molecule has 27 heavy (non-hydrogen) atoms. The molecule has 0 bridgehead atoms. The quantitative estimate of drug-likeness (QED) is 0.847. The second-order valence-electron chi connectivity index (χ2n) is 7.32. The van der Waals surface area contributed by atoms with Gasteiger partial charge < -0.3 is 15.2 Å². The number of piperidine rings is 1. The number of nitrogens with one attached hydrogen (secondary N) is 1. The Morgan fingerprint density at radius 1 is 1.33 bits per heavy atom. The fourth-order valence-electron chi connectivity index (χ4n) is 3.12. The summed E-state index contributed by atoms with van der Waals surface area (Å²) >= 11 is 0. The molecule has 1 aliphatic heterocycles. The topological polar surface area (TPSA) is 61.8 Å². The number of carbonyl (C=O) groups excluding carboxylic acids is 1. The number of amides is 1. The van der Waals surface area contributed by atoms with Crippen molar-refractivity contribution < 1.29 is 19.0 Å². The number of benzene rings is 2. The van der Waals surface area contributed by atoms with Crippen LogP contribution in [0.25, 0.3) is 0 Å². The number of aryl methyl sites for hydroxylation is 1. The summed E-state index contributed by atoms with van der Waals surface area (Å²) in [6.45, 7) is 4.86. The Labute approximate surface area is 158 Å². The number of halogens is 1. The van der Waals surface area contributed by atoms with E-state index in [9.17, 15) is 14.3 Å². The van der Waals surface area contributed by atoms with Crippen LogP contribution in [0.5, 0.6) is 5.75 Å². The van der Waals surface area contributed by atoms with E-state index < -0.39 is 17.5 Å². The first kappa shape index (κ1) is 19.3. The van der Waals surface area contributed by atoms with E-state index in [4.69, 9.17) is 4.74 Å². The Hall–Kier alpha value is -2.44. The van der Waals surface area contributed by atoms with Crippen molar-refractivity contribution in [3.05, 3.63) is 59.9 Å². The molecule has 0 radical (unpaired) electrons. The largest absolute Gasteiger partial charge is 0.486 e. The summed E-state index contributed by atoms with van der Waals surface area (Å²) in [6.07, 6.45) is -0.0923. The van der Waals surface area contributed by atoms with Crippen LogP contribution in [-0.2, 0) is 4.79 Å². The van der Waals surface area contributed by atoms with Crippen LogP contribution in [0.1, 0.15) is 18.9 Å². The maximum Gasteiger partial charge on any atom is 0.238 e. The fourth-order valence-corrected chi connectivity index (χ4v) is 3.12. The average molecular weight is 372 g/mol. The van der Waals surface area contributed by atoms with Gasteiger partial charge in [0.1, 0.15) is 23.3 Å². The van der Waals surface area contributed by atoms with Crippen LogP contribution in [0, 0.1) is 12.7 Å². The van der Waals surface area contributed by atoms with E-state index in [1.54, 1.807) is 19.1 Å². The number of likely N-dealkylation sites (tertiary alicyclic amines) is 1. The molecule has 6 heteroatoms. The fraction of sp³-hybridized carbons (Fsp3) is 0.381. The van der Waals surface area contributed by atoms with E-state index in [2.05, 4.69) is 5.32 Å². The SMILES string of the molecule is Cc1ccc(NC(=O)CN2CC[C@](C)(O)[C@@H](Oc3cccc(F)c3)C2)cc1. The molecule has 1 saturated heterocycles. The number of aliphatic hydroxyl groups is 1. The van der Waals surface area contributed by atoms with E-state index in [0.29, 0.717) is 25.3 Å². The number of rotatable bonds is 5. The summed E-state index contributed by atoms with van der Waals surface area (Å²) in [5.74, 6) is -0.145. The Balaban J connectivity index is 1.60. The van der Waals surface area contributed by atoms with Crippen molar-refractivity contribution in [3.63, 3.8) is 0 Å². The van der Waals surface area contributed by atoms with Gasteiger partial charge in [0.15, 0.2) is 0 Å². The highest BCUT2D eigenvalue weighted by atomic mass is 19.1. The molecule has 2 N–H and O–H groups in total. The molecule has 1 aliphatic rings. The van der Waals surface area contributed by atoms with Gasteiger partial charge in [0, 0.05) is 24.8 Å². The minimum Gasteiger partial charge on any atom is -0.486 e. The zero-order valence-corrected chi connectivity index (χ0v) is 15.6. The first-order valence-corrected chi connectivity index (χ1v) is 9.05. The van der Waals surface area contributed by atoms with Crippen molar-refractivity contribution in [2.24, 2.45) is 0 Å². The molecular weight excluding hydrogens is 347 g/mol. The van der Waals surface area contributed by atoms with Crippen molar-refractivity contribution >= 4 is 11.6 Å².